The number of alkyl halides is 1. The third-order valence-corrected chi connectivity index (χ3v) is 7.18. The molecule has 1 N–H and O–H groups in total. The first kappa shape index (κ1) is 13.9. The topological polar surface area (TPSA) is 66.1 Å². The summed E-state index contributed by atoms with van der Waals surface area (Å²) in [5.41, 5.74) is 3.17. The lowest BCUT2D eigenvalue weighted by molar-refractivity contribution is 0.601. The quantitative estimate of drug-likeness (QED) is 0.628. The fraction of sp³-hybridized carbons (Fsp3) is 0.308. The molecule has 106 valence electrons. The number of aromatic nitrogens is 2. The smallest absolute Gasteiger partial charge is 0.187 e. The van der Waals surface area contributed by atoms with Gasteiger partial charge in [0.25, 0.3) is 0 Å². The molecule has 7 heteroatoms. The van der Waals surface area contributed by atoms with E-state index >= 15 is 0 Å². The molecule has 0 fully saturated rings. The number of aromatic amines is 1. The molecule has 1 aromatic carbocycles. The van der Waals surface area contributed by atoms with E-state index in [0.29, 0.717) is 11.4 Å². The van der Waals surface area contributed by atoms with E-state index in [1.807, 2.05) is 34.9 Å². The van der Waals surface area contributed by atoms with Crippen LogP contribution in [-0.2, 0) is 22.8 Å². The van der Waals surface area contributed by atoms with Crippen LogP contribution in [0.3, 0.4) is 0 Å². The van der Waals surface area contributed by atoms with Gasteiger partial charge in [-0.3, -0.25) is 0 Å². The Morgan fingerprint density at radius 1 is 1.40 bits per heavy atom. The van der Waals surface area contributed by atoms with Crippen molar-refractivity contribution in [3.63, 3.8) is 0 Å². The monoisotopic (exact) mass is 403 g/mol. The zero-order chi connectivity index (χ0) is 14.2. The van der Waals surface area contributed by atoms with E-state index in [9.17, 15) is 8.42 Å². The van der Waals surface area contributed by atoms with E-state index in [0.717, 1.165) is 24.3 Å². The molecule has 5 nitrogen and oxygen atoms in total. The van der Waals surface area contributed by atoms with Gasteiger partial charge in [0.2, 0.25) is 0 Å². The summed E-state index contributed by atoms with van der Waals surface area (Å²) in [5, 5.41) is 0. The molecule has 0 spiro atoms. The number of halogens is 1. The van der Waals surface area contributed by atoms with Gasteiger partial charge < -0.3 is 9.88 Å². The number of rotatable bonds is 4. The maximum absolute atomic E-state index is 12.0. The van der Waals surface area contributed by atoms with Crippen LogP contribution in [0, 0.1) is 0 Å². The fourth-order valence-electron chi connectivity index (χ4n) is 2.42. The number of fused-ring (bicyclic) bond motifs is 1. The third-order valence-electron chi connectivity index (χ3n) is 3.46. The minimum atomic E-state index is -3.17. The number of benzene rings is 1. The average Bonchev–Trinajstić information content (AvgIpc) is 3.09. The summed E-state index contributed by atoms with van der Waals surface area (Å²) in [5.74, 6) is 0. The van der Waals surface area contributed by atoms with Crippen LogP contribution in [0.5, 0.6) is 0 Å². The highest BCUT2D eigenvalue weighted by Crippen LogP contribution is 2.32. The number of nitrogens with zero attached hydrogens (tertiary/aromatic N) is 2. The van der Waals surface area contributed by atoms with E-state index in [1.165, 1.54) is 5.56 Å². The molecule has 2 heterocycles. The second-order valence-corrected chi connectivity index (χ2v) is 8.53. The number of nitrogens with one attached hydrogen (secondary N) is 1. The van der Waals surface area contributed by atoms with Gasteiger partial charge in [0.1, 0.15) is 3.76 Å². The lowest BCUT2D eigenvalue weighted by Crippen LogP contribution is -2.20. The van der Waals surface area contributed by atoms with Gasteiger partial charge in [-0.1, -0.05) is 28.7 Å². The Labute approximate surface area is 131 Å². The fourth-order valence-corrected chi connectivity index (χ4v) is 4.19. The van der Waals surface area contributed by atoms with Gasteiger partial charge in [-0.25, -0.2) is 13.4 Å². The van der Waals surface area contributed by atoms with Crippen molar-refractivity contribution in [2.24, 2.45) is 0 Å². The summed E-state index contributed by atoms with van der Waals surface area (Å²) in [7, 11) is -3.17. The highest BCUT2D eigenvalue weighted by atomic mass is 127. The van der Waals surface area contributed by atoms with Crippen molar-refractivity contribution >= 4 is 38.1 Å². The number of hydrogen-bond acceptors (Lipinski definition) is 4. The van der Waals surface area contributed by atoms with E-state index < -0.39 is 9.84 Å². The molecular formula is C13H14IN3O2S. The molecule has 0 radical (unpaired) electrons. The number of imidazole rings is 1. The van der Waals surface area contributed by atoms with Crippen LogP contribution < -0.4 is 4.90 Å². The second-order valence-electron chi connectivity index (χ2n) is 4.75. The first-order valence-corrected chi connectivity index (χ1v) is 9.42. The summed E-state index contributed by atoms with van der Waals surface area (Å²) in [6.07, 6.45) is 4.47. The van der Waals surface area contributed by atoms with Crippen LogP contribution in [0.1, 0.15) is 11.3 Å². The third kappa shape index (κ3) is 2.56. The minimum Gasteiger partial charge on any atom is -0.365 e. The largest absolute Gasteiger partial charge is 0.365 e. The van der Waals surface area contributed by atoms with E-state index in [-0.39, 0.29) is 3.76 Å². The molecule has 1 aliphatic heterocycles. The van der Waals surface area contributed by atoms with E-state index in [2.05, 4.69) is 14.9 Å². The van der Waals surface area contributed by atoms with Crippen molar-refractivity contribution in [2.75, 3.05) is 15.2 Å². The molecule has 1 aromatic heterocycles. The maximum Gasteiger partial charge on any atom is 0.187 e. The van der Waals surface area contributed by atoms with Crippen LogP contribution in [0.15, 0.2) is 35.6 Å². The van der Waals surface area contributed by atoms with Gasteiger partial charge in [-0.15, -0.1) is 0 Å². The highest BCUT2D eigenvalue weighted by molar-refractivity contribution is 14.1. The van der Waals surface area contributed by atoms with Crippen molar-refractivity contribution in [1.82, 2.24) is 9.97 Å². The van der Waals surface area contributed by atoms with Gasteiger partial charge >= 0.3 is 0 Å². The van der Waals surface area contributed by atoms with Crippen molar-refractivity contribution < 1.29 is 8.42 Å². The first-order chi connectivity index (χ1) is 9.60. The standard InChI is InChI=1S/C13H14IN3O2S/c14-8-20(18,19)12-2-1-10-3-4-17(13(10)5-12)7-11-6-15-9-16-11/h1-2,5-6,9H,3-4,7-8H2,(H,15,16). The Balaban J connectivity index is 1.93. The van der Waals surface area contributed by atoms with Crippen molar-refractivity contribution in [3.8, 4) is 0 Å². The lowest BCUT2D eigenvalue weighted by atomic mass is 10.2. The van der Waals surface area contributed by atoms with Crippen LogP contribution in [0.4, 0.5) is 5.69 Å². The molecule has 0 unspecified atom stereocenters. The molecule has 0 atom stereocenters. The molecule has 0 aliphatic carbocycles. The first-order valence-electron chi connectivity index (χ1n) is 6.24. The summed E-state index contributed by atoms with van der Waals surface area (Å²) in [6, 6.07) is 5.44. The van der Waals surface area contributed by atoms with Crippen LogP contribution >= 0.6 is 22.6 Å². The predicted octanol–water partition coefficient (Wildman–Crippen LogP) is 2.14. The minimum absolute atomic E-state index is 0.100. The number of sulfone groups is 1. The van der Waals surface area contributed by atoms with Gasteiger partial charge in [0, 0.05) is 18.4 Å². The predicted molar refractivity (Wildman–Crippen MR) is 85.9 cm³/mol. The second kappa shape index (κ2) is 5.36. The average molecular weight is 403 g/mol. The van der Waals surface area contributed by atoms with Crippen molar-refractivity contribution in [2.45, 2.75) is 17.9 Å². The zero-order valence-corrected chi connectivity index (χ0v) is 13.7. The Hall–Kier alpha value is -1.09. The highest BCUT2D eigenvalue weighted by Gasteiger charge is 2.22. The van der Waals surface area contributed by atoms with Gasteiger partial charge in [0.05, 0.1) is 23.5 Å². The molecule has 2 aromatic rings. The Morgan fingerprint density at radius 2 is 2.25 bits per heavy atom. The summed E-state index contributed by atoms with van der Waals surface area (Å²) < 4.78 is 24.1. The molecule has 0 saturated heterocycles. The van der Waals surface area contributed by atoms with Crippen LogP contribution in [-0.4, -0.2) is 28.7 Å². The van der Waals surface area contributed by atoms with Crippen LogP contribution in [0.25, 0.3) is 0 Å². The summed E-state index contributed by atoms with van der Waals surface area (Å²) >= 11 is 1.89. The maximum atomic E-state index is 12.0. The SMILES string of the molecule is O=S(=O)(CI)c1ccc2c(c1)N(Cc1c[nH]cn1)CC2. The Morgan fingerprint density at radius 3 is 2.95 bits per heavy atom. The summed E-state index contributed by atoms with van der Waals surface area (Å²) in [4.78, 5) is 9.74. The number of hydrogen-bond donors (Lipinski definition) is 1. The molecular weight excluding hydrogens is 389 g/mol. The van der Waals surface area contributed by atoms with Crippen molar-refractivity contribution in [1.29, 1.82) is 0 Å². The van der Waals surface area contributed by atoms with Crippen LogP contribution in [0.2, 0.25) is 0 Å². The summed E-state index contributed by atoms with van der Waals surface area (Å²) in [6.45, 7) is 1.60. The van der Waals surface area contributed by atoms with Gasteiger partial charge in [0.15, 0.2) is 9.84 Å². The molecule has 0 saturated carbocycles. The van der Waals surface area contributed by atoms with E-state index in [1.54, 1.807) is 18.5 Å². The molecule has 20 heavy (non-hydrogen) atoms. The Bertz CT molecular complexity index is 713. The molecule has 1 aliphatic rings. The number of anilines is 1. The Kier molecular flexibility index (Phi) is 3.72. The zero-order valence-electron chi connectivity index (χ0n) is 10.7. The molecule has 0 bridgehead atoms. The van der Waals surface area contributed by atoms with Gasteiger partial charge in [-0.2, -0.15) is 0 Å². The van der Waals surface area contributed by atoms with Crippen molar-refractivity contribution in [3.05, 3.63) is 42.0 Å². The van der Waals surface area contributed by atoms with Gasteiger partial charge in [-0.05, 0) is 24.1 Å². The molecule has 3 rings (SSSR count). The number of H-pyrrole nitrogens is 1. The van der Waals surface area contributed by atoms with E-state index in [4.69, 9.17) is 0 Å². The normalized spacial score (nSPS) is 14.6. The molecule has 0 amide bonds. The lowest BCUT2D eigenvalue weighted by Gasteiger charge is -2.18.